The minimum absolute atomic E-state index is 0.0273. The van der Waals surface area contributed by atoms with Crippen molar-refractivity contribution in [2.75, 3.05) is 11.2 Å². The predicted molar refractivity (Wildman–Crippen MR) is 81.1 cm³/mol. The number of rotatable bonds is 6. The standard InChI is InChI=1S/C15H11F5N2O3S/c16-10-11(17)13(19)15(14(20)12(10)18)22-21-9(23)6-7-26(24,25)8-4-2-1-3-5-8/h1-5,22H,6-7H2,(H,21,23). The maximum atomic E-state index is 13.4. The SMILES string of the molecule is O=C(CCS(=O)(=O)c1ccccc1)NNc1c(F)c(F)c(F)c(F)c1F. The fourth-order valence-corrected chi connectivity index (χ4v) is 3.14. The van der Waals surface area contributed by atoms with E-state index in [9.17, 15) is 35.2 Å². The van der Waals surface area contributed by atoms with E-state index in [4.69, 9.17) is 0 Å². The van der Waals surface area contributed by atoms with Gasteiger partial charge < -0.3 is 0 Å². The molecular weight excluding hydrogens is 383 g/mol. The van der Waals surface area contributed by atoms with Gasteiger partial charge in [0.15, 0.2) is 33.1 Å². The molecule has 0 aliphatic rings. The van der Waals surface area contributed by atoms with E-state index in [1.807, 2.05) is 0 Å². The summed E-state index contributed by atoms with van der Waals surface area (Å²) in [6.07, 6.45) is -0.611. The van der Waals surface area contributed by atoms with E-state index in [1.54, 1.807) is 16.9 Å². The summed E-state index contributed by atoms with van der Waals surface area (Å²) in [5, 5.41) is 0. The van der Waals surface area contributed by atoms with Crippen LogP contribution in [0.3, 0.4) is 0 Å². The Morgan fingerprint density at radius 1 is 0.846 bits per heavy atom. The summed E-state index contributed by atoms with van der Waals surface area (Å²) in [4.78, 5) is 11.6. The van der Waals surface area contributed by atoms with Gasteiger partial charge >= 0.3 is 0 Å². The summed E-state index contributed by atoms with van der Waals surface area (Å²) in [6.45, 7) is 0. The second-order valence-corrected chi connectivity index (χ2v) is 7.11. The quantitative estimate of drug-likeness (QED) is 0.342. The lowest BCUT2D eigenvalue weighted by Crippen LogP contribution is -2.32. The number of hydrogen-bond donors (Lipinski definition) is 2. The summed E-state index contributed by atoms with van der Waals surface area (Å²) in [7, 11) is -3.78. The number of hydrogen-bond acceptors (Lipinski definition) is 4. The van der Waals surface area contributed by atoms with Crippen molar-refractivity contribution in [2.45, 2.75) is 11.3 Å². The van der Waals surface area contributed by atoms with Crippen LogP contribution in [-0.2, 0) is 14.6 Å². The molecule has 2 aromatic rings. The van der Waals surface area contributed by atoms with E-state index in [2.05, 4.69) is 0 Å². The minimum atomic E-state index is -3.78. The first-order chi connectivity index (χ1) is 12.1. The van der Waals surface area contributed by atoms with Gasteiger partial charge in [-0.05, 0) is 12.1 Å². The number of anilines is 1. The van der Waals surface area contributed by atoms with Crippen molar-refractivity contribution in [2.24, 2.45) is 0 Å². The van der Waals surface area contributed by atoms with Crippen molar-refractivity contribution in [3.8, 4) is 0 Å². The number of hydrazine groups is 1. The van der Waals surface area contributed by atoms with Crippen molar-refractivity contribution < 1.29 is 35.2 Å². The monoisotopic (exact) mass is 394 g/mol. The van der Waals surface area contributed by atoms with E-state index in [1.165, 1.54) is 24.3 Å². The highest BCUT2D eigenvalue weighted by Crippen LogP contribution is 2.26. The Morgan fingerprint density at radius 3 is 1.88 bits per heavy atom. The molecule has 0 spiro atoms. The lowest BCUT2D eigenvalue weighted by molar-refractivity contribution is -0.120. The van der Waals surface area contributed by atoms with Crippen LogP contribution >= 0.6 is 0 Å². The molecule has 2 rings (SSSR count). The van der Waals surface area contributed by atoms with Crippen LogP contribution in [0.25, 0.3) is 0 Å². The number of amides is 1. The van der Waals surface area contributed by atoms with Crippen LogP contribution in [0.15, 0.2) is 35.2 Å². The van der Waals surface area contributed by atoms with Crippen molar-refractivity contribution in [1.82, 2.24) is 5.43 Å². The highest BCUT2D eigenvalue weighted by Gasteiger charge is 2.26. The van der Waals surface area contributed by atoms with Crippen molar-refractivity contribution in [3.63, 3.8) is 0 Å². The van der Waals surface area contributed by atoms with Crippen LogP contribution in [0.4, 0.5) is 27.6 Å². The van der Waals surface area contributed by atoms with Crippen LogP contribution < -0.4 is 10.9 Å². The van der Waals surface area contributed by atoms with Crippen LogP contribution in [0.5, 0.6) is 0 Å². The van der Waals surface area contributed by atoms with Gasteiger partial charge in [-0.25, -0.2) is 30.4 Å². The number of carbonyl (C=O) groups excluding carboxylic acids is 1. The van der Waals surface area contributed by atoms with Gasteiger partial charge in [-0.3, -0.25) is 15.6 Å². The summed E-state index contributed by atoms with van der Waals surface area (Å²) in [5.74, 6) is -12.7. The van der Waals surface area contributed by atoms with Gasteiger partial charge in [0.1, 0.15) is 5.69 Å². The Balaban J connectivity index is 2.02. The highest BCUT2D eigenvalue weighted by atomic mass is 32.2. The van der Waals surface area contributed by atoms with Gasteiger partial charge in [0, 0.05) is 6.42 Å². The Hall–Kier alpha value is -2.69. The van der Waals surface area contributed by atoms with E-state index in [0.29, 0.717) is 0 Å². The number of benzene rings is 2. The van der Waals surface area contributed by atoms with E-state index >= 15 is 0 Å². The number of halogens is 5. The molecule has 26 heavy (non-hydrogen) atoms. The largest absolute Gasteiger partial charge is 0.293 e. The molecule has 0 aliphatic heterocycles. The summed E-state index contributed by atoms with van der Waals surface area (Å²) in [6, 6.07) is 7.20. The molecule has 0 unspecified atom stereocenters. The Kier molecular flexibility index (Phi) is 5.80. The maximum Gasteiger partial charge on any atom is 0.239 e. The predicted octanol–water partition coefficient (Wildman–Crippen LogP) is 2.69. The third kappa shape index (κ3) is 4.10. The zero-order valence-corrected chi connectivity index (χ0v) is 13.6. The van der Waals surface area contributed by atoms with Gasteiger partial charge in [-0.1, -0.05) is 18.2 Å². The fourth-order valence-electron chi connectivity index (χ4n) is 1.88. The Bertz CT molecular complexity index is 907. The van der Waals surface area contributed by atoms with E-state index in [0.717, 1.165) is 0 Å². The second kappa shape index (κ2) is 7.68. The first kappa shape index (κ1) is 19.6. The van der Waals surface area contributed by atoms with E-state index < -0.39 is 62.7 Å². The topological polar surface area (TPSA) is 75.3 Å². The lowest BCUT2D eigenvalue weighted by Gasteiger charge is -2.12. The van der Waals surface area contributed by atoms with Gasteiger partial charge in [0.05, 0.1) is 10.6 Å². The van der Waals surface area contributed by atoms with Gasteiger partial charge in [-0.15, -0.1) is 0 Å². The fraction of sp³-hybridized carbons (Fsp3) is 0.133. The normalized spacial score (nSPS) is 11.3. The zero-order chi connectivity index (χ0) is 19.5. The molecule has 1 amide bonds. The van der Waals surface area contributed by atoms with Crippen LogP contribution in [0.1, 0.15) is 6.42 Å². The molecule has 0 bridgehead atoms. The van der Waals surface area contributed by atoms with Gasteiger partial charge in [-0.2, -0.15) is 0 Å². The average molecular weight is 394 g/mol. The molecule has 0 aromatic heterocycles. The molecular formula is C15H11F5N2O3S. The maximum absolute atomic E-state index is 13.4. The summed E-state index contributed by atoms with van der Waals surface area (Å²) >= 11 is 0. The van der Waals surface area contributed by atoms with Crippen LogP contribution in [0.2, 0.25) is 0 Å². The number of carbonyl (C=O) groups is 1. The molecule has 0 fully saturated rings. The third-order valence-electron chi connectivity index (χ3n) is 3.24. The molecule has 0 heterocycles. The second-order valence-electron chi connectivity index (χ2n) is 5.00. The molecule has 0 aliphatic carbocycles. The van der Waals surface area contributed by atoms with Gasteiger partial charge in [0.2, 0.25) is 11.7 Å². The molecule has 0 saturated heterocycles. The minimum Gasteiger partial charge on any atom is -0.293 e. The highest BCUT2D eigenvalue weighted by molar-refractivity contribution is 7.91. The van der Waals surface area contributed by atoms with E-state index in [-0.39, 0.29) is 4.90 Å². The summed E-state index contributed by atoms with van der Waals surface area (Å²) in [5.41, 5.74) is 1.81. The number of sulfone groups is 1. The number of nitrogens with one attached hydrogen (secondary N) is 2. The Labute approximate surface area is 144 Å². The Morgan fingerprint density at radius 2 is 1.35 bits per heavy atom. The van der Waals surface area contributed by atoms with Crippen LogP contribution in [-0.4, -0.2) is 20.1 Å². The molecule has 0 radical (unpaired) electrons. The van der Waals surface area contributed by atoms with Crippen LogP contribution in [0, 0.1) is 29.1 Å². The lowest BCUT2D eigenvalue weighted by atomic mass is 10.2. The van der Waals surface area contributed by atoms with Gasteiger partial charge in [0.25, 0.3) is 0 Å². The summed E-state index contributed by atoms with van der Waals surface area (Å²) < 4.78 is 89.8. The van der Waals surface area contributed by atoms with Crippen molar-refractivity contribution >= 4 is 21.4 Å². The van der Waals surface area contributed by atoms with Crippen molar-refractivity contribution in [3.05, 3.63) is 59.4 Å². The zero-order valence-electron chi connectivity index (χ0n) is 12.8. The molecule has 11 heteroatoms. The molecule has 2 aromatic carbocycles. The molecule has 0 atom stereocenters. The molecule has 5 nitrogen and oxygen atoms in total. The first-order valence-corrected chi connectivity index (χ1v) is 8.64. The average Bonchev–Trinajstić information content (AvgIpc) is 2.64. The molecule has 0 saturated carbocycles. The molecule has 140 valence electrons. The molecule has 2 N–H and O–H groups in total. The third-order valence-corrected chi connectivity index (χ3v) is 4.97. The smallest absolute Gasteiger partial charge is 0.239 e. The van der Waals surface area contributed by atoms with Crippen molar-refractivity contribution in [1.29, 1.82) is 0 Å². The first-order valence-electron chi connectivity index (χ1n) is 6.99.